The summed E-state index contributed by atoms with van der Waals surface area (Å²) in [5.74, 6) is -0.366. The molecule has 0 aliphatic rings. The minimum atomic E-state index is -4.38. The summed E-state index contributed by atoms with van der Waals surface area (Å²) in [5, 5.41) is 2.74. The summed E-state index contributed by atoms with van der Waals surface area (Å²) in [4.78, 5) is 12.0. The second-order valence-corrected chi connectivity index (χ2v) is 6.03. The number of hydrogen-bond donors (Lipinski definition) is 1. The van der Waals surface area contributed by atoms with Gasteiger partial charge in [-0.05, 0) is 37.6 Å². The first-order valence-corrected chi connectivity index (χ1v) is 6.74. The number of amides is 1. The molecule has 1 aromatic carbocycles. The van der Waals surface area contributed by atoms with Crippen molar-refractivity contribution in [2.75, 3.05) is 0 Å². The number of halogens is 4. The zero-order valence-corrected chi connectivity index (χ0v) is 12.2. The first-order chi connectivity index (χ1) is 8.70. The van der Waals surface area contributed by atoms with Crippen molar-refractivity contribution in [3.8, 4) is 0 Å². The smallest absolute Gasteiger partial charge is 0.350 e. The number of benzene rings is 1. The van der Waals surface area contributed by atoms with Gasteiger partial charge in [-0.3, -0.25) is 4.79 Å². The van der Waals surface area contributed by atoms with Crippen LogP contribution in [0.4, 0.5) is 13.2 Å². The highest BCUT2D eigenvalue weighted by Gasteiger charge is 2.30. The lowest BCUT2D eigenvalue weighted by molar-refractivity contribution is -0.137. The second kappa shape index (κ2) is 6.41. The topological polar surface area (TPSA) is 29.1 Å². The summed E-state index contributed by atoms with van der Waals surface area (Å²) in [6.07, 6.45) is -3.64. The average molecular weight is 338 g/mol. The van der Waals surface area contributed by atoms with E-state index in [0.717, 1.165) is 18.6 Å². The zero-order chi connectivity index (χ0) is 14.6. The van der Waals surface area contributed by atoms with E-state index in [-0.39, 0.29) is 22.3 Å². The van der Waals surface area contributed by atoms with Gasteiger partial charge >= 0.3 is 6.18 Å². The molecule has 106 valence electrons. The molecule has 19 heavy (non-hydrogen) atoms. The fraction of sp³-hybridized carbons (Fsp3) is 0.462. The molecule has 0 spiro atoms. The predicted octanol–water partition coefficient (Wildman–Crippen LogP) is 4.00. The summed E-state index contributed by atoms with van der Waals surface area (Å²) in [5.41, 5.74) is -0.534. The molecule has 0 aromatic heterocycles. The Hall–Kier alpha value is -1.04. The van der Waals surface area contributed by atoms with E-state index in [1.165, 1.54) is 12.1 Å². The molecule has 1 amide bonds. The number of hydrogen-bond acceptors (Lipinski definition) is 1. The molecule has 0 fully saturated rings. The van der Waals surface area contributed by atoms with Crippen LogP contribution in [0.15, 0.2) is 24.3 Å². The fourth-order valence-electron chi connectivity index (χ4n) is 1.66. The Morgan fingerprint density at radius 2 is 1.79 bits per heavy atom. The van der Waals surface area contributed by atoms with E-state index < -0.39 is 11.7 Å². The van der Waals surface area contributed by atoms with E-state index in [2.05, 4.69) is 21.2 Å². The van der Waals surface area contributed by atoms with Crippen LogP contribution in [-0.4, -0.2) is 16.8 Å². The molecule has 1 rings (SSSR count). The Morgan fingerprint density at radius 1 is 1.26 bits per heavy atom. The van der Waals surface area contributed by atoms with Gasteiger partial charge in [-0.1, -0.05) is 22.9 Å². The molecule has 1 N–H and O–H groups in total. The Bertz CT molecular complexity index is 429. The Balaban J connectivity index is 2.68. The van der Waals surface area contributed by atoms with Gasteiger partial charge in [-0.25, -0.2) is 0 Å². The molecule has 0 aliphatic carbocycles. The molecule has 1 aromatic rings. The Kier molecular flexibility index (Phi) is 5.40. The molecule has 2 atom stereocenters. The molecular formula is C13H15BrF3NO. The van der Waals surface area contributed by atoms with Crippen molar-refractivity contribution in [2.45, 2.75) is 37.3 Å². The average Bonchev–Trinajstić information content (AvgIpc) is 2.26. The van der Waals surface area contributed by atoms with Gasteiger partial charge in [0.1, 0.15) is 0 Å². The van der Waals surface area contributed by atoms with E-state index >= 15 is 0 Å². The van der Waals surface area contributed by atoms with Crippen LogP contribution < -0.4 is 5.32 Å². The molecule has 0 aliphatic heterocycles. The summed E-state index contributed by atoms with van der Waals surface area (Å²) < 4.78 is 37.1. The minimum absolute atomic E-state index is 0.0517. The largest absolute Gasteiger partial charge is 0.416 e. The van der Waals surface area contributed by atoms with Crippen molar-refractivity contribution >= 4 is 21.8 Å². The van der Waals surface area contributed by atoms with E-state index in [1.807, 2.05) is 13.8 Å². The van der Waals surface area contributed by atoms with Crippen molar-refractivity contribution in [3.63, 3.8) is 0 Å². The standard InChI is InChI=1S/C13H15BrF3NO/c1-8(14)7-9(2)18-12(19)10-3-5-11(6-4-10)13(15,16)17/h3-6,8-9H,7H2,1-2H3,(H,18,19). The maximum Gasteiger partial charge on any atom is 0.416 e. The van der Waals surface area contributed by atoms with Crippen LogP contribution in [0.2, 0.25) is 0 Å². The molecule has 2 nitrogen and oxygen atoms in total. The lowest BCUT2D eigenvalue weighted by Gasteiger charge is -2.15. The maximum absolute atomic E-state index is 12.4. The summed E-state index contributed by atoms with van der Waals surface area (Å²) in [6, 6.07) is 4.13. The van der Waals surface area contributed by atoms with Crippen LogP contribution in [0, 0.1) is 0 Å². The van der Waals surface area contributed by atoms with Gasteiger partial charge in [0.15, 0.2) is 0 Å². The van der Waals surface area contributed by atoms with Gasteiger partial charge in [-0.2, -0.15) is 13.2 Å². The third kappa shape index (κ3) is 5.22. The fourth-order valence-corrected chi connectivity index (χ4v) is 2.22. The molecular weight excluding hydrogens is 323 g/mol. The summed E-state index contributed by atoms with van der Waals surface area (Å²) >= 11 is 3.38. The predicted molar refractivity (Wildman–Crippen MR) is 71.4 cm³/mol. The lowest BCUT2D eigenvalue weighted by atomic mass is 10.1. The quantitative estimate of drug-likeness (QED) is 0.826. The van der Waals surface area contributed by atoms with Gasteiger partial charge in [0.25, 0.3) is 5.91 Å². The maximum atomic E-state index is 12.4. The normalized spacial score (nSPS) is 14.8. The summed E-state index contributed by atoms with van der Waals surface area (Å²) in [7, 11) is 0. The van der Waals surface area contributed by atoms with E-state index in [9.17, 15) is 18.0 Å². The van der Waals surface area contributed by atoms with E-state index in [0.29, 0.717) is 0 Å². The van der Waals surface area contributed by atoms with Crippen molar-refractivity contribution in [1.82, 2.24) is 5.32 Å². The molecule has 0 radical (unpaired) electrons. The SMILES string of the molecule is CC(Br)CC(C)NC(=O)c1ccc(C(F)(F)F)cc1. The monoisotopic (exact) mass is 337 g/mol. The van der Waals surface area contributed by atoms with E-state index in [1.54, 1.807) is 0 Å². The molecule has 0 saturated heterocycles. The van der Waals surface area contributed by atoms with Crippen LogP contribution >= 0.6 is 15.9 Å². The minimum Gasteiger partial charge on any atom is -0.350 e. The van der Waals surface area contributed by atoms with Crippen molar-refractivity contribution < 1.29 is 18.0 Å². The van der Waals surface area contributed by atoms with Crippen molar-refractivity contribution in [2.24, 2.45) is 0 Å². The highest BCUT2D eigenvalue weighted by molar-refractivity contribution is 9.09. The highest BCUT2D eigenvalue weighted by Crippen LogP contribution is 2.29. The van der Waals surface area contributed by atoms with Gasteiger partial charge in [0.2, 0.25) is 0 Å². The van der Waals surface area contributed by atoms with Gasteiger partial charge in [-0.15, -0.1) is 0 Å². The molecule has 6 heteroatoms. The first-order valence-electron chi connectivity index (χ1n) is 5.82. The van der Waals surface area contributed by atoms with Crippen molar-refractivity contribution in [3.05, 3.63) is 35.4 Å². The number of carbonyl (C=O) groups is 1. The Labute approximate surface area is 118 Å². The number of nitrogens with one attached hydrogen (secondary N) is 1. The van der Waals surface area contributed by atoms with Crippen LogP contribution in [0.5, 0.6) is 0 Å². The van der Waals surface area contributed by atoms with Gasteiger partial charge in [0.05, 0.1) is 5.56 Å². The number of rotatable bonds is 4. The molecule has 0 heterocycles. The third-order valence-electron chi connectivity index (χ3n) is 2.53. The van der Waals surface area contributed by atoms with Gasteiger partial charge in [0, 0.05) is 16.4 Å². The highest BCUT2D eigenvalue weighted by atomic mass is 79.9. The van der Waals surface area contributed by atoms with Crippen LogP contribution in [0.25, 0.3) is 0 Å². The third-order valence-corrected chi connectivity index (χ3v) is 2.90. The molecule has 2 unspecified atom stereocenters. The number of carbonyl (C=O) groups excluding carboxylic acids is 1. The lowest BCUT2D eigenvalue weighted by Crippen LogP contribution is -2.33. The van der Waals surface area contributed by atoms with Crippen LogP contribution in [-0.2, 0) is 6.18 Å². The van der Waals surface area contributed by atoms with Crippen LogP contribution in [0.1, 0.15) is 36.2 Å². The second-order valence-electron chi connectivity index (χ2n) is 4.47. The van der Waals surface area contributed by atoms with Crippen LogP contribution in [0.3, 0.4) is 0 Å². The number of alkyl halides is 4. The molecule has 0 saturated carbocycles. The van der Waals surface area contributed by atoms with E-state index in [4.69, 9.17) is 0 Å². The van der Waals surface area contributed by atoms with Gasteiger partial charge < -0.3 is 5.32 Å². The zero-order valence-electron chi connectivity index (χ0n) is 10.6. The summed E-state index contributed by atoms with van der Waals surface area (Å²) in [6.45, 7) is 3.81. The first kappa shape index (κ1) is 16.0. The molecule has 0 bridgehead atoms. The van der Waals surface area contributed by atoms with Crippen molar-refractivity contribution in [1.29, 1.82) is 0 Å². The Morgan fingerprint density at radius 3 is 2.21 bits per heavy atom.